The number of carbonyl (C=O) groups is 1. The van der Waals surface area contributed by atoms with Crippen molar-refractivity contribution in [2.45, 2.75) is 89.4 Å². The van der Waals surface area contributed by atoms with Gasteiger partial charge in [-0.25, -0.2) is 19.5 Å². The lowest BCUT2D eigenvalue weighted by Crippen LogP contribution is -2.39. The Morgan fingerprint density at radius 1 is 1.12 bits per heavy atom. The predicted molar refractivity (Wildman–Crippen MR) is 149 cm³/mol. The van der Waals surface area contributed by atoms with Crippen LogP contribution in [0.15, 0.2) is 36.9 Å². The number of rotatable bonds is 10. The Morgan fingerprint density at radius 2 is 1.88 bits per heavy atom. The zero-order chi connectivity index (χ0) is 28.3. The van der Waals surface area contributed by atoms with E-state index in [1.54, 1.807) is 49.0 Å². The summed E-state index contributed by atoms with van der Waals surface area (Å²) in [5.74, 6) is 0.0543. The van der Waals surface area contributed by atoms with Gasteiger partial charge in [0.2, 0.25) is 0 Å². The molecule has 14 heteroatoms. The van der Waals surface area contributed by atoms with Crippen LogP contribution in [-0.4, -0.2) is 49.8 Å². The maximum Gasteiger partial charge on any atom is 0.459 e. The van der Waals surface area contributed by atoms with E-state index in [0.717, 1.165) is 32.1 Å². The number of hydrogen-bond donors (Lipinski definition) is 2. The highest BCUT2D eigenvalue weighted by molar-refractivity contribution is 7.52. The number of nitrogen functional groups attached to an aromatic ring is 1. The van der Waals surface area contributed by atoms with Crippen molar-refractivity contribution >= 4 is 42.3 Å². The Balaban J connectivity index is 1.28. The molecule has 40 heavy (non-hydrogen) atoms. The van der Waals surface area contributed by atoms with Gasteiger partial charge in [-0.3, -0.25) is 13.9 Å². The molecule has 1 saturated carbocycles. The van der Waals surface area contributed by atoms with Gasteiger partial charge in [0.05, 0.1) is 18.5 Å². The zero-order valence-corrected chi connectivity index (χ0v) is 24.1. The summed E-state index contributed by atoms with van der Waals surface area (Å²) in [5.41, 5.74) is 6.98. The highest BCUT2D eigenvalue weighted by atomic mass is 35.5. The standard InChI is InChI=1S/C26H34ClN6O6P/c1-16(26(34)36-19-6-4-3-5-7-19)32-40(35,39-20-10-8-18(27)9-11-20)38-17(2)21-12-13-22(37-21)33-15-31-23-24(28)29-14-30-25(23)33/h8-11,14-17,19,21-22H,3-7,12-13H2,1-2H3,(H,32,35)(H2,28,29,30). The SMILES string of the molecule is CC(NP(=O)(Oc1ccc(Cl)cc1)OC(C)C1CCC(n2cnc3c(N)ncnc32)O1)C(=O)OC1CCCCC1. The van der Waals surface area contributed by atoms with Crippen molar-refractivity contribution in [2.24, 2.45) is 0 Å². The molecule has 1 aromatic carbocycles. The predicted octanol–water partition coefficient (Wildman–Crippen LogP) is 5.19. The molecule has 2 fully saturated rings. The largest absolute Gasteiger partial charge is 0.461 e. The van der Waals surface area contributed by atoms with Crippen LogP contribution < -0.4 is 15.3 Å². The summed E-state index contributed by atoms with van der Waals surface area (Å²) in [4.78, 5) is 25.4. The van der Waals surface area contributed by atoms with Crippen molar-refractivity contribution in [1.82, 2.24) is 24.6 Å². The van der Waals surface area contributed by atoms with Crippen molar-refractivity contribution in [2.75, 3.05) is 5.73 Å². The molecule has 5 atom stereocenters. The molecule has 0 bridgehead atoms. The average molecular weight is 593 g/mol. The number of esters is 1. The van der Waals surface area contributed by atoms with Crippen molar-refractivity contribution in [3.05, 3.63) is 41.9 Å². The van der Waals surface area contributed by atoms with Crippen molar-refractivity contribution in [1.29, 1.82) is 0 Å². The third-order valence-electron chi connectivity index (χ3n) is 7.14. The van der Waals surface area contributed by atoms with Gasteiger partial charge in [-0.15, -0.1) is 0 Å². The molecule has 0 spiro atoms. The molecule has 1 aliphatic carbocycles. The van der Waals surface area contributed by atoms with Crippen LogP contribution in [-0.2, 0) is 23.4 Å². The lowest BCUT2D eigenvalue weighted by atomic mass is 9.98. The van der Waals surface area contributed by atoms with E-state index < -0.39 is 32.0 Å². The Morgan fingerprint density at radius 3 is 2.62 bits per heavy atom. The first-order valence-electron chi connectivity index (χ1n) is 13.5. The maximum atomic E-state index is 14.1. The van der Waals surface area contributed by atoms with Crippen LogP contribution >= 0.6 is 19.3 Å². The first kappa shape index (κ1) is 28.8. The smallest absolute Gasteiger partial charge is 0.459 e. The number of aromatic nitrogens is 4. The topological polar surface area (TPSA) is 153 Å². The maximum absolute atomic E-state index is 14.1. The molecule has 1 aliphatic heterocycles. The number of benzene rings is 1. The zero-order valence-electron chi connectivity index (χ0n) is 22.4. The summed E-state index contributed by atoms with van der Waals surface area (Å²) in [6, 6.07) is 5.45. The average Bonchev–Trinajstić information content (AvgIpc) is 3.59. The molecule has 0 radical (unpaired) electrons. The molecular formula is C26H34ClN6O6P. The van der Waals surface area contributed by atoms with E-state index in [2.05, 4.69) is 20.0 Å². The van der Waals surface area contributed by atoms with Gasteiger partial charge in [-0.05, 0) is 76.6 Å². The Kier molecular flexibility index (Phi) is 8.92. The number of anilines is 1. The molecular weight excluding hydrogens is 559 g/mol. The molecule has 3 heterocycles. The van der Waals surface area contributed by atoms with E-state index in [1.165, 1.54) is 6.33 Å². The van der Waals surface area contributed by atoms with Gasteiger partial charge in [0.15, 0.2) is 11.5 Å². The minimum Gasteiger partial charge on any atom is -0.461 e. The van der Waals surface area contributed by atoms with Gasteiger partial charge < -0.3 is 19.7 Å². The number of imidazole rings is 1. The Labute approximate surface area is 237 Å². The summed E-state index contributed by atoms with van der Waals surface area (Å²) in [6.07, 6.45) is 7.52. The molecule has 5 rings (SSSR count). The lowest BCUT2D eigenvalue weighted by Gasteiger charge is -2.29. The minimum absolute atomic E-state index is 0.134. The number of nitrogens with zero attached hydrogens (tertiary/aromatic N) is 4. The number of hydrogen-bond acceptors (Lipinski definition) is 10. The number of nitrogens with one attached hydrogen (secondary N) is 1. The lowest BCUT2D eigenvalue weighted by molar-refractivity contribution is -0.152. The summed E-state index contributed by atoms with van der Waals surface area (Å²) in [6.45, 7) is 3.33. The molecule has 1 saturated heterocycles. The molecule has 216 valence electrons. The van der Waals surface area contributed by atoms with Gasteiger partial charge in [0.25, 0.3) is 0 Å². The molecule has 3 N–H and O–H groups in total. The van der Waals surface area contributed by atoms with Gasteiger partial charge in [-0.2, -0.15) is 5.09 Å². The van der Waals surface area contributed by atoms with Crippen LogP contribution in [0.25, 0.3) is 11.2 Å². The van der Waals surface area contributed by atoms with E-state index in [0.29, 0.717) is 29.0 Å². The number of carbonyl (C=O) groups excluding carboxylic acids is 1. The summed E-state index contributed by atoms with van der Waals surface area (Å²) in [5, 5.41) is 3.27. The highest BCUT2D eigenvalue weighted by Gasteiger charge is 2.39. The second-order valence-corrected chi connectivity index (χ2v) is 12.3. The fraction of sp³-hybridized carbons (Fsp3) is 0.538. The quantitative estimate of drug-likeness (QED) is 0.236. The molecule has 2 aromatic heterocycles. The van der Waals surface area contributed by atoms with Crippen LogP contribution in [0.5, 0.6) is 5.75 Å². The van der Waals surface area contributed by atoms with Crippen LogP contribution in [0.1, 0.15) is 65.0 Å². The second kappa shape index (κ2) is 12.4. The molecule has 3 aromatic rings. The number of ether oxygens (including phenoxy) is 2. The third-order valence-corrected chi connectivity index (χ3v) is 9.15. The van der Waals surface area contributed by atoms with E-state index >= 15 is 0 Å². The van der Waals surface area contributed by atoms with Crippen LogP contribution in [0.3, 0.4) is 0 Å². The Bertz CT molecular complexity index is 1370. The van der Waals surface area contributed by atoms with Crippen LogP contribution in [0.2, 0.25) is 5.02 Å². The van der Waals surface area contributed by atoms with Crippen LogP contribution in [0.4, 0.5) is 5.82 Å². The van der Waals surface area contributed by atoms with E-state index in [9.17, 15) is 9.36 Å². The Hall–Kier alpha value is -2.76. The van der Waals surface area contributed by atoms with Gasteiger partial charge in [0, 0.05) is 5.02 Å². The monoisotopic (exact) mass is 592 g/mol. The van der Waals surface area contributed by atoms with Crippen molar-refractivity contribution < 1.29 is 27.9 Å². The van der Waals surface area contributed by atoms with Crippen molar-refractivity contribution in [3.8, 4) is 5.75 Å². The number of halogens is 1. The van der Waals surface area contributed by atoms with E-state index in [1.807, 2.05) is 0 Å². The number of nitrogens with two attached hydrogens (primary N) is 1. The molecule has 2 aliphatic rings. The van der Waals surface area contributed by atoms with Gasteiger partial charge >= 0.3 is 13.7 Å². The first-order chi connectivity index (χ1) is 19.2. The fourth-order valence-electron chi connectivity index (χ4n) is 5.01. The molecule has 5 unspecified atom stereocenters. The third kappa shape index (κ3) is 6.75. The van der Waals surface area contributed by atoms with Crippen molar-refractivity contribution in [3.63, 3.8) is 0 Å². The second-order valence-electron chi connectivity index (χ2n) is 10.2. The molecule has 0 amide bonds. The number of fused-ring (bicyclic) bond motifs is 1. The fourth-order valence-corrected chi connectivity index (χ4v) is 6.85. The van der Waals surface area contributed by atoms with Crippen LogP contribution in [0, 0.1) is 0 Å². The summed E-state index contributed by atoms with van der Waals surface area (Å²) >= 11 is 6.00. The summed E-state index contributed by atoms with van der Waals surface area (Å²) < 4.78 is 39.6. The highest BCUT2D eigenvalue weighted by Crippen LogP contribution is 2.48. The van der Waals surface area contributed by atoms with E-state index in [-0.39, 0.29) is 23.9 Å². The van der Waals surface area contributed by atoms with Gasteiger partial charge in [0.1, 0.15) is 36.0 Å². The van der Waals surface area contributed by atoms with Gasteiger partial charge in [-0.1, -0.05) is 18.0 Å². The van der Waals surface area contributed by atoms with E-state index in [4.69, 9.17) is 35.9 Å². The summed E-state index contributed by atoms with van der Waals surface area (Å²) in [7, 11) is -4.08. The molecule has 12 nitrogen and oxygen atoms in total. The minimum atomic E-state index is -4.08. The first-order valence-corrected chi connectivity index (χ1v) is 15.4. The normalized spacial score (nSPS) is 23.0.